The van der Waals surface area contributed by atoms with Crippen molar-refractivity contribution in [3.05, 3.63) is 346 Å². The predicted molar refractivity (Wildman–Crippen MR) is 291 cm³/mol. The molecule has 0 aliphatic heterocycles. The van der Waals surface area contributed by atoms with Crippen LogP contribution < -0.4 is 0 Å². The molecule has 0 spiro atoms. The molecule has 0 fully saturated rings. The van der Waals surface area contributed by atoms with E-state index in [1.54, 1.807) is 0 Å². The summed E-state index contributed by atoms with van der Waals surface area (Å²) in [6.07, 6.45) is 9.42. The summed E-state index contributed by atoms with van der Waals surface area (Å²) in [5, 5.41) is 0. The fourth-order valence-corrected chi connectivity index (χ4v) is 8.96. The summed E-state index contributed by atoms with van der Waals surface area (Å²) in [7, 11) is 0. The molecule has 0 amide bonds. The van der Waals surface area contributed by atoms with Gasteiger partial charge in [0.1, 0.15) is 0 Å². The molecule has 322 valence electrons. The molecule has 0 radical (unpaired) electrons. The molecule has 0 bridgehead atoms. The highest BCUT2D eigenvalue weighted by Crippen LogP contribution is 2.36. The lowest BCUT2D eigenvalue weighted by molar-refractivity contribution is 1.52. The van der Waals surface area contributed by atoms with Crippen LogP contribution in [0.25, 0.3) is 57.7 Å². The SMILES string of the molecule is C(=C(c1ccccc1)c1ccccc1)c1cc(C=C(c2ccccc2)c2ccccc2)cc(-c2cc(C=C(c3ccccc3)c3ccccc3)cc(C=C(c3ccccc3)c3ccccc3)c2)c1. The van der Waals surface area contributed by atoms with Gasteiger partial charge in [-0.3, -0.25) is 0 Å². The van der Waals surface area contributed by atoms with Gasteiger partial charge in [0.25, 0.3) is 0 Å². The van der Waals surface area contributed by atoms with Crippen LogP contribution in [0.15, 0.2) is 279 Å². The Morgan fingerprint density at radius 2 is 0.324 bits per heavy atom. The highest BCUT2D eigenvalue weighted by atomic mass is 14.2. The van der Waals surface area contributed by atoms with Crippen molar-refractivity contribution in [3.63, 3.8) is 0 Å². The molecular weight excluding hydrogens is 817 g/mol. The van der Waals surface area contributed by atoms with E-state index in [9.17, 15) is 0 Å². The lowest BCUT2D eigenvalue weighted by Crippen LogP contribution is -1.93. The molecule has 0 nitrogen and oxygen atoms in total. The van der Waals surface area contributed by atoms with Gasteiger partial charge in [-0.2, -0.15) is 0 Å². The molecule has 10 aromatic rings. The van der Waals surface area contributed by atoms with Crippen molar-refractivity contribution < 1.29 is 0 Å². The average molecular weight is 867 g/mol. The van der Waals surface area contributed by atoms with E-state index in [4.69, 9.17) is 0 Å². The molecule has 0 atom stereocenters. The van der Waals surface area contributed by atoms with Crippen LogP contribution in [0.1, 0.15) is 66.8 Å². The molecular formula is C68H50. The average Bonchev–Trinajstić information content (AvgIpc) is 3.42. The summed E-state index contributed by atoms with van der Waals surface area (Å²) >= 11 is 0. The fourth-order valence-electron chi connectivity index (χ4n) is 8.96. The van der Waals surface area contributed by atoms with Gasteiger partial charge in [-0.25, -0.2) is 0 Å². The molecule has 10 rings (SSSR count). The van der Waals surface area contributed by atoms with Crippen LogP contribution in [-0.4, -0.2) is 0 Å². The van der Waals surface area contributed by atoms with Crippen molar-refractivity contribution in [2.45, 2.75) is 0 Å². The van der Waals surface area contributed by atoms with Crippen LogP contribution in [0.4, 0.5) is 0 Å². The molecule has 0 saturated heterocycles. The minimum absolute atomic E-state index is 1.11. The Labute approximate surface area is 401 Å². The van der Waals surface area contributed by atoms with Crippen LogP contribution in [0, 0.1) is 0 Å². The van der Waals surface area contributed by atoms with Gasteiger partial charge in [-0.05, 0) is 161 Å². The second-order valence-electron chi connectivity index (χ2n) is 16.9. The highest BCUT2D eigenvalue weighted by molar-refractivity contribution is 5.97. The van der Waals surface area contributed by atoms with E-state index in [0.717, 1.165) is 55.7 Å². The van der Waals surface area contributed by atoms with Crippen molar-refractivity contribution in [3.8, 4) is 11.1 Å². The maximum absolute atomic E-state index is 2.36. The third-order valence-corrected chi connectivity index (χ3v) is 12.2. The molecule has 0 aliphatic carbocycles. The Morgan fingerprint density at radius 3 is 0.471 bits per heavy atom. The zero-order valence-electron chi connectivity index (χ0n) is 37.9. The second kappa shape index (κ2) is 21.0. The minimum atomic E-state index is 1.11. The van der Waals surface area contributed by atoms with Crippen LogP contribution in [-0.2, 0) is 0 Å². The molecule has 0 aliphatic rings. The summed E-state index contributed by atoms with van der Waals surface area (Å²) in [4.78, 5) is 0. The van der Waals surface area contributed by atoms with Crippen LogP contribution in [0.3, 0.4) is 0 Å². The Hall–Kier alpha value is -8.84. The van der Waals surface area contributed by atoms with Gasteiger partial charge < -0.3 is 0 Å². The van der Waals surface area contributed by atoms with E-state index in [1.807, 2.05) is 0 Å². The fraction of sp³-hybridized carbons (Fsp3) is 0. The maximum atomic E-state index is 2.36. The number of rotatable bonds is 13. The van der Waals surface area contributed by atoms with Crippen molar-refractivity contribution in [2.24, 2.45) is 0 Å². The molecule has 0 heteroatoms. The van der Waals surface area contributed by atoms with Crippen molar-refractivity contribution >= 4 is 46.6 Å². The Bertz CT molecular complexity index is 2730. The minimum Gasteiger partial charge on any atom is -0.0622 e. The zero-order valence-corrected chi connectivity index (χ0v) is 37.9. The van der Waals surface area contributed by atoms with Gasteiger partial charge in [0, 0.05) is 0 Å². The number of hydrogen-bond acceptors (Lipinski definition) is 0. The van der Waals surface area contributed by atoms with Crippen molar-refractivity contribution in [1.29, 1.82) is 0 Å². The summed E-state index contributed by atoms with van der Waals surface area (Å²) in [5.41, 5.74) is 20.7. The highest BCUT2D eigenvalue weighted by Gasteiger charge is 2.13. The Balaban J connectivity index is 1.24. The predicted octanol–water partition coefficient (Wildman–Crippen LogP) is 17.7. The van der Waals surface area contributed by atoms with E-state index in [1.165, 1.54) is 44.5 Å². The quantitative estimate of drug-likeness (QED) is 0.101. The summed E-state index contributed by atoms with van der Waals surface area (Å²) < 4.78 is 0. The molecule has 0 N–H and O–H groups in total. The van der Waals surface area contributed by atoms with E-state index >= 15 is 0 Å². The first-order valence-corrected chi connectivity index (χ1v) is 23.3. The standard InChI is InChI=1S/C68H50/c1-9-25-55(26-10-1)65(56-27-11-2-12-28-56)47-51-41-52(48-66(57-29-13-3-14-30-57)58-31-15-4-16-32-58)44-63(43-51)64-45-53(49-67(59-33-17-5-18-34-59)60-35-19-6-20-36-60)42-54(46-64)50-68(61-37-21-7-22-38-61)62-39-23-8-24-40-62/h1-50H. The van der Waals surface area contributed by atoms with Gasteiger partial charge in [-0.15, -0.1) is 0 Å². The molecule has 0 heterocycles. The molecule has 0 unspecified atom stereocenters. The molecule has 68 heavy (non-hydrogen) atoms. The Kier molecular flexibility index (Phi) is 13.3. The van der Waals surface area contributed by atoms with Gasteiger partial charge in [-0.1, -0.05) is 243 Å². The first kappa shape index (κ1) is 43.1. The van der Waals surface area contributed by atoms with Crippen LogP contribution in [0.2, 0.25) is 0 Å². The third kappa shape index (κ3) is 10.5. The normalized spacial score (nSPS) is 10.6. The van der Waals surface area contributed by atoms with E-state index < -0.39 is 0 Å². The number of benzene rings is 10. The third-order valence-electron chi connectivity index (χ3n) is 12.2. The Morgan fingerprint density at radius 1 is 0.176 bits per heavy atom. The summed E-state index contributed by atoms with van der Waals surface area (Å²) in [5.74, 6) is 0. The first-order chi connectivity index (χ1) is 33.7. The molecule has 0 saturated carbocycles. The van der Waals surface area contributed by atoms with Crippen molar-refractivity contribution in [1.82, 2.24) is 0 Å². The topological polar surface area (TPSA) is 0 Å². The van der Waals surface area contributed by atoms with Gasteiger partial charge in [0.05, 0.1) is 0 Å². The van der Waals surface area contributed by atoms with Gasteiger partial charge in [0.15, 0.2) is 0 Å². The van der Waals surface area contributed by atoms with Crippen LogP contribution >= 0.6 is 0 Å². The lowest BCUT2D eigenvalue weighted by Gasteiger charge is -2.15. The smallest absolute Gasteiger partial charge is 0.0105 e. The van der Waals surface area contributed by atoms with Crippen molar-refractivity contribution in [2.75, 3.05) is 0 Å². The van der Waals surface area contributed by atoms with E-state index in [-0.39, 0.29) is 0 Å². The largest absolute Gasteiger partial charge is 0.0622 e. The van der Waals surface area contributed by atoms with E-state index in [2.05, 4.69) is 303 Å². The summed E-state index contributed by atoms with van der Waals surface area (Å²) in [6.45, 7) is 0. The second-order valence-corrected chi connectivity index (χ2v) is 16.9. The van der Waals surface area contributed by atoms with Gasteiger partial charge >= 0.3 is 0 Å². The maximum Gasteiger partial charge on any atom is -0.0105 e. The lowest BCUT2D eigenvalue weighted by atomic mass is 9.89. The number of hydrogen-bond donors (Lipinski definition) is 0. The van der Waals surface area contributed by atoms with Crippen LogP contribution in [0.5, 0.6) is 0 Å². The monoisotopic (exact) mass is 866 g/mol. The first-order valence-electron chi connectivity index (χ1n) is 23.3. The zero-order chi connectivity index (χ0) is 45.7. The molecule has 0 aromatic heterocycles. The summed E-state index contributed by atoms with van der Waals surface area (Å²) in [6, 6.07) is 99.9. The molecule has 10 aromatic carbocycles. The van der Waals surface area contributed by atoms with Gasteiger partial charge in [0.2, 0.25) is 0 Å². The van der Waals surface area contributed by atoms with E-state index in [0.29, 0.717) is 0 Å².